The van der Waals surface area contributed by atoms with Crippen molar-refractivity contribution in [2.24, 2.45) is 17.2 Å². The molecule has 8 N–H and O–H groups in total. The summed E-state index contributed by atoms with van der Waals surface area (Å²) in [6.45, 7) is 0.880. The maximum Gasteiger partial charge on any atom is 0.416 e. The van der Waals surface area contributed by atoms with Gasteiger partial charge in [-0.2, -0.15) is 13.2 Å². The predicted octanol–water partition coefficient (Wildman–Crippen LogP) is 1.38. The number of nitrogens with zero attached hydrogens (tertiary/aromatic N) is 2. The van der Waals surface area contributed by atoms with Crippen molar-refractivity contribution >= 4 is 34.3 Å². The highest BCUT2D eigenvalue weighted by Gasteiger charge is 2.31. The molecule has 0 saturated carbocycles. The molecular formula is C27H32F3N7O3. The number of benzene rings is 2. The normalized spacial score (nSPS) is 12.9. The van der Waals surface area contributed by atoms with Crippen molar-refractivity contribution in [3.63, 3.8) is 0 Å². The van der Waals surface area contributed by atoms with Crippen LogP contribution in [0.5, 0.6) is 0 Å². The quantitative estimate of drug-likeness (QED) is 0.223. The molecule has 40 heavy (non-hydrogen) atoms. The highest BCUT2D eigenvalue weighted by atomic mass is 19.4. The highest BCUT2D eigenvalue weighted by molar-refractivity contribution is 5.99. The number of hydrogen-bond donors (Lipinski definition) is 5. The van der Waals surface area contributed by atoms with Crippen LogP contribution in [0.15, 0.2) is 60.8 Å². The van der Waals surface area contributed by atoms with Crippen LogP contribution in [-0.4, -0.2) is 65.9 Å². The van der Waals surface area contributed by atoms with Crippen molar-refractivity contribution in [2.45, 2.75) is 31.1 Å². The first-order chi connectivity index (χ1) is 19.0. The molecule has 0 aliphatic rings. The SMILES string of the molecule is NCCN(CCN)C(=O)C[C@H](N)C(=O)N[C@@H](Cc1ccc(C(F)(F)F)cc1)C(=O)Nc1cnc2ccccc2c1. The lowest BCUT2D eigenvalue weighted by atomic mass is 10.0. The Morgan fingerprint density at radius 1 is 0.950 bits per heavy atom. The van der Waals surface area contributed by atoms with Gasteiger partial charge in [-0.15, -0.1) is 0 Å². The molecule has 2 atom stereocenters. The molecule has 0 saturated heterocycles. The van der Waals surface area contributed by atoms with Crippen LogP contribution in [0.3, 0.4) is 0 Å². The van der Waals surface area contributed by atoms with E-state index < -0.39 is 41.5 Å². The smallest absolute Gasteiger partial charge is 0.343 e. The first-order valence-electron chi connectivity index (χ1n) is 12.6. The summed E-state index contributed by atoms with van der Waals surface area (Å²) in [5.41, 5.74) is 17.6. The minimum absolute atomic E-state index is 0.135. The van der Waals surface area contributed by atoms with Gasteiger partial charge in [0.15, 0.2) is 0 Å². The van der Waals surface area contributed by atoms with Crippen LogP contribution < -0.4 is 27.8 Å². The third-order valence-electron chi connectivity index (χ3n) is 6.09. The third kappa shape index (κ3) is 8.46. The largest absolute Gasteiger partial charge is 0.416 e. The van der Waals surface area contributed by atoms with Crippen LogP contribution in [0, 0.1) is 0 Å². The van der Waals surface area contributed by atoms with E-state index in [2.05, 4.69) is 15.6 Å². The summed E-state index contributed by atoms with van der Waals surface area (Å²) >= 11 is 0. The van der Waals surface area contributed by atoms with Gasteiger partial charge in [0.25, 0.3) is 0 Å². The number of para-hydroxylation sites is 1. The Hall–Kier alpha value is -4.07. The lowest BCUT2D eigenvalue weighted by molar-refractivity contribution is -0.137. The van der Waals surface area contributed by atoms with Gasteiger partial charge in [-0.1, -0.05) is 30.3 Å². The van der Waals surface area contributed by atoms with Gasteiger partial charge >= 0.3 is 6.18 Å². The standard InChI is InChI=1S/C27H32F3N7O3/c28-27(29,30)19-7-5-17(6-8-19)13-23(26(40)35-20-14-18-3-1-2-4-22(18)34-16-20)36-25(39)21(33)15-24(38)37(11-9-31)12-10-32/h1-8,14,16,21,23H,9-13,15,31-33H2,(H,35,40)(H,36,39)/t21-,23-/m0/s1. The second-order valence-electron chi connectivity index (χ2n) is 9.13. The molecule has 0 aliphatic heterocycles. The molecule has 0 radical (unpaired) electrons. The number of aromatic nitrogens is 1. The zero-order valence-corrected chi connectivity index (χ0v) is 21.7. The summed E-state index contributed by atoms with van der Waals surface area (Å²) < 4.78 is 39.0. The number of amides is 3. The van der Waals surface area contributed by atoms with Gasteiger partial charge in [0.1, 0.15) is 6.04 Å². The summed E-state index contributed by atoms with van der Waals surface area (Å²) in [5, 5.41) is 5.99. The van der Waals surface area contributed by atoms with E-state index in [0.717, 1.165) is 17.5 Å². The Bertz CT molecular complexity index is 1310. The van der Waals surface area contributed by atoms with E-state index in [1.54, 1.807) is 12.1 Å². The number of pyridine rings is 1. The number of anilines is 1. The molecule has 0 fully saturated rings. The zero-order valence-electron chi connectivity index (χ0n) is 21.7. The van der Waals surface area contributed by atoms with Gasteiger partial charge in [0.05, 0.1) is 35.4 Å². The van der Waals surface area contributed by atoms with Crippen molar-refractivity contribution in [1.29, 1.82) is 0 Å². The molecule has 3 amide bonds. The summed E-state index contributed by atoms with van der Waals surface area (Å²) in [6, 6.07) is 10.7. The van der Waals surface area contributed by atoms with E-state index in [0.29, 0.717) is 16.8 Å². The molecule has 13 heteroatoms. The second kappa shape index (κ2) is 13.8. The van der Waals surface area contributed by atoms with E-state index >= 15 is 0 Å². The van der Waals surface area contributed by atoms with E-state index in [-0.39, 0.29) is 39.0 Å². The van der Waals surface area contributed by atoms with E-state index in [9.17, 15) is 27.6 Å². The molecule has 1 aromatic heterocycles. The molecule has 0 spiro atoms. The molecule has 10 nitrogen and oxygen atoms in total. The fraction of sp³-hybridized carbons (Fsp3) is 0.333. The van der Waals surface area contributed by atoms with E-state index in [1.807, 2.05) is 18.2 Å². The van der Waals surface area contributed by atoms with Gasteiger partial charge < -0.3 is 32.7 Å². The minimum atomic E-state index is -4.52. The van der Waals surface area contributed by atoms with Crippen LogP contribution in [-0.2, 0) is 27.0 Å². The number of hydrogen-bond acceptors (Lipinski definition) is 7. The van der Waals surface area contributed by atoms with Crippen molar-refractivity contribution in [1.82, 2.24) is 15.2 Å². The molecule has 1 heterocycles. The summed E-state index contributed by atoms with van der Waals surface area (Å²) in [7, 11) is 0. The molecule has 3 rings (SSSR count). The minimum Gasteiger partial charge on any atom is -0.343 e. The second-order valence-corrected chi connectivity index (χ2v) is 9.13. The van der Waals surface area contributed by atoms with Crippen molar-refractivity contribution in [3.8, 4) is 0 Å². The number of nitrogens with two attached hydrogens (primary N) is 3. The molecule has 2 aromatic carbocycles. The van der Waals surface area contributed by atoms with Gasteiger partial charge in [-0.25, -0.2) is 0 Å². The highest BCUT2D eigenvalue weighted by Crippen LogP contribution is 2.29. The predicted molar refractivity (Wildman–Crippen MR) is 145 cm³/mol. The van der Waals surface area contributed by atoms with Crippen LogP contribution in [0.4, 0.5) is 18.9 Å². The summed E-state index contributed by atoms with van der Waals surface area (Å²) in [5.74, 6) is -1.85. The van der Waals surface area contributed by atoms with Crippen LogP contribution >= 0.6 is 0 Å². The van der Waals surface area contributed by atoms with Crippen LogP contribution in [0.1, 0.15) is 17.5 Å². The molecular weight excluding hydrogens is 527 g/mol. The number of nitrogens with one attached hydrogen (secondary N) is 2. The lowest BCUT2D eigenvalue weighted by Crippen LogP contribution is -2.52. The Morgan fingerprint density at radius 2 is 1.60 bits per heavy atom. The Balaban J connectivity index is 1.77. The number of rotatable bonds is 12. The maximum atomic E-state index is 13.3. The number of carbonyl (C=O) groups excluding carboxylic acids is 3. The molecule has 0 bridgehead atoms. The average Bonchev–Trinajstić information content (AvgIpc) is 2.92. The molecule has 214 valence electrons. The lowest BCUT2D eigenvalue weighted by Gasteiger charge is -2.24. The summed E-state index contributed by atoms with van der Waals surface area (Å²) in [6.07, 6.45) is -3.56. The zero-order chi connectivity index (χ0) is 29.3. The molecule has 0 unspecified atom stereocenters. The maximum absolute atomic E-state index is 13.3. The van der Waals surface area contributed by atoms with Gasteiger partial charge in [0, 0.05) is 38.0 Å². The molecule has 3 aromatic rings. The first-order valence-corrected chi connectivity index (χ1v) is 12.6. The van der Waals surface area contributed by atoms with Crippen LogP contribution in [0.2, 0.25) is 0 Å². The Kier molecular flexibility index (Phi) is 10.5. The monoisotopic (exact) mass is 559 g/mol. The van der Waals surface area contributed by atoms with Gasteiger partial charge in [0.2, 0.25) is 17.7 Å². The first kappa shape index (κ1) is 30.5. The van der Waals surface area contributed by atoms with Crippen molar-refractivity contribution in [2.75, 3.05) is 31.5 Å². The summed E-state index contributed by atoms with van der Waals surface area (Å²) in [4.78, 5) is 44.5. The number of alkyl halides is 3. The molecule has 0 aliphatic carbocycles. The topological polar surface area (TPSA) is 169 Å². The number of fused-ring (bicyclic) bond motifs is 1. The van der Waals surface area contributed by atoms with Crippen molar-refractivity contribution in [3.05, 3.63) is 71.9 Å². The number of carbonyl (C=O) groups is 3. The Labute approximate surface area is 229 Å². The fourth-order valence-corrected chi connectivity index (χ4v) is 4.01. The van der Waals surface area contributed by atoms with Crippen molar-refractivity contribution < 1.29 is 27.6 Å². The Morgan fingerprint density at radius 3 is 2.23 bits per heavy atom. The van der Waals surface area contributed by atoms with E-state index in [4.69, 9.17) is 17.2 Å². The fourth-order valence-electron chi connectivity index (χ4n) is 4.01. The van der Waals surface area contributed by atoms with E-state index in [1.165, 1.54) is 23.2 Å². The number of halogens is 3. The van der Waals surface area contributed by atoms with Gasteiger partial charge in [-0.3, -0.25) is 19.4 Å². The van der Waals surface area contributed by atoms with Gasteiger partial charge in [-0.05, 0) is 29.8 Å². The van der Waals surface area contributed by atoms with Crippen LogP contribution in [0.25, 0.3) is 10.9 Å². The third-order valence-corrected chi connectivity index (χ3v) is 6.09. The average molecular weight is 560 g/mol.